The number of thiophene rings is 1. The molecule has 1 atom stereocenters. The number of rotatable bonds is 8. The second kappa shape index (κ2) is 8.17. The molecule has 0 bridgehead atoms. The van der Waals surface area contributed by atoms with Gasteiger partial charge in [-0.1, -0.05) is 33.6 Å². The number of nitrogens with two attached hydrogens (primary N) is 1. The highest BCUT2D eigenvalue weighted by Crippen LogP contribution is 2.33. The maximum absolute atomic E-state index is 12.4. The van der Waals surface area contributed by atoms with E-state index in [2.05, 4.69) is 12.2 Å². The van der Waals surface area contributed by atoms with Crippen LogP contribution in [0.3, 0.4) is 0 Å². The summed E-state index contributed by atoms with van der Waals surface area (Å²) in [6, 6.07) is 0. The monoisotopic (exact) mass is 310 g/mol. The number of amides is 2. The number of hydrogen-bond donors (Lipinski definition) is 2. The van der Waals surface area contributed by atoms with Gasteiger partial charge < -0.3 is 11.1 Å². The van der Waals surface area contributed by atoms with Gasteiger partial charge in [0.1, 0.15) is 5.00 Å². The van der Waals surface area contributed by atoms with Gasteiger partial charge in [0.2, 0.25) is 5.91 Å². The predicted molar refractivity (Wildman–Crippen MR) is 88.9 cm³/mol. The molecule has 1 aromatic heterocycles. The number of primary amides is 1. The van der Waals surface area contributed by atoms with E-state index in [9.17, 15) is 9.59 Å². The quantitative estimate of drug-likeness (QED) is 0.765. The summed E-state index contributed by atoms with van der Waals surface area (Å²) in [5.74, 6) is -0.469. The van der Waals surface area contributed by atoms with E-state index in [1.54, 1.807) is 0 Å². The second-order valence-corrected chi connectivity index (χ2v) is 6.52. The molecule has 2 amide bonds. The molecule has 4 nitrogen and oxygen atoms in total. The molecular weight excluding hydrogens is 284 g/mol. The number of hydrogen-bond acceptors (Lipinski definition) is 3. The first-order chi connectivity index (χ1) is 9.96. The Bertz CT molecular complexity index is 509. The molecule has 3 N–H and O–H groups in total. The van der Waals surface area contributed by atoms with Crippen LogP contribution in [0.4, 0.5) is 5.00 Å². The van der Waals surface area contributed by atoms with Crippen LogP contribution < -0.4 is 11.1 Å². The average molecular weight is 310 g/mol. The molecule has 118 valence electrons. The molecule has 0 saturated carbocycles. The highest BCUT2D eigenvalue weighted by molar-refractivity contribution is 7.16. The van der Waals surface area contributed by atoms with Gasteiger partial charge in [0.15, 0.2) is 0 Å². The highest BCUT2D eigenvalue weighted by atomic mass is 32.1. The van der Waals surface area contributed by atoms with Crippen molar-refractivity contribution in [2.45, 2.75) is 59.8 Å². The first-order valence-corrected chi connectivity index (χ1v) is 8.50. The third-order valence-electron chi connectivity index (χ3n) is 3.82. The largest absolute Gasteiger partial charge is 0.365 e. The zero-order valence-corrected chi connectivity index (χ0v) is 14.2. The maximum Gasteiger partial charge on any atom is 0.251 e. The third kappa shape index (κ3) is 4.30. The van der Waals surface area contributed by atoms with Gasteiger partial charge in [-0.3, -0.25) is 9.59 Å². The summed E-state index contributed by atoms with van der Waals surface area (Å²) in [6.07, 6.45) is 4.55. The van der Waals surface area contributed by atoms with E-state index in [0.717, 1.165) is 42.5 Å². The Balaban J connectivity index is 2.96. The third-order valence-corrected chi connectivity index (χ3v) is 4.88. The molecular formula is C16H26N2O2S. The van der Waals surface area contributed by atoms with Gasteiger partial charge >= 0.3 is 0 Å². The van der Waals surface area contributed by atoms with Gasteiger partial charge in [-0.2, -0.15) is 0 Å². The van der Waals surface area contributed by atoms with Crippen LogP contribution in [-0.2, 0) is 11.2 Å². The van der Waals surface area contributed by atoms with E-state index in [-0.39, 0.29) is 11.8 Å². The predicted octanol–water partition coefficient (Wildman–Crippen LogP) is 3.87. The van der Waals surface area contributed by atoms with E-state index in [4.69, 9.17) is 5.73 Å². The van der Waals surface area contributed by atoms with E-state index in [1.165, 1.54) is 11.3 Å². The van der Waals surface area contributed by atoms with E-state index in [0.29, 0.717) is 10.6 Å². The SMILES string of the molecule is CCCCC(CC)C(=O)Nc1sc(C)c(CC)c1C(N)=O. The zero-order valence-electron chi connectivity index (χ0n) is 13.4. The summed E-state index contributed by atoms with van der Waals surface area (Å²) in [6.45, 7) is 8.08. The van der Waals surface area contributed by atoms with E-state index >= 15 is 0 Å². The molecule has 1 heterocycles. The number of carbonyl (C=O) groups excluding carboxylic acids is 2. The summed E-state index contributed by atoms with van der Waals surface area (Å²) in [7, 11) is 0. The van der Waals surface area contributed by atoms with Gasteiger partial charge in [-0.25, -0.2) is 0 Å². The molecule has 0 aliphatic heterocycles. The lowest BCUT2D eigenvalue weighted by Gasteiger charge is -2.14. The molecule has 0 radical (unpaired) electrons. The lowest BCUT2D eigenvalue weighted by atomic mass is 9.98. The number of carbonyl (C=O) groups is 2. The lowest BCUT2D eigenvalue weighted by Crippen LogP contribution is -2.24. The van der Waals surface area contributed by atoms with Crippen LogP contribution in [0.25, 0.3) is 0 Å². The molecule has 0 spiro atoms. The first-order valence-electron chi connectivity index (χ1n) is 7.69. The van der Waals surface area contributed by atoms with E-state index in [1.807, 2.05) is 20.8 Å². The van der Waals surface area contributed by atoms with Crippen molar-refractivity contribution in [2.24, 2.45) is 11.7 Å². The Morgan fingerprint density at radius 1 is 1.29 bits per heavy atom. The van der Waals surface area contributed by atoms with Crippen LogP contribution in [0.15, 0.2) is 0 Å². The Hall–Kier alpha value is -1.36. The van der Waals surface area contributed by atoms with Gasteiger partial charge in [0, 0.05) is 10.8 Å². The molecule has 0 aliphatic rings. The minimum atomic E-state index is -0.465. The fourth-order valence-corrected chi connectivity index (χ4v) is 3.69. The molecule has 0 fully saturated rings. The zero-order chi connectivity index (χ0) is 16.0. The molecule has 0 aliphatic carbocycles. The first kappa shape index (κ1) is 17.7. The number of aryl methyl sites for hydroxylation is 1. The van der Waals surface area contributed by atoms with Gasteiger partial charge in [0.25, 0.3) is 5.91 Å². The summed E-state index contributed by atoms with van der Waals surface area (Å²) in [5.41, 5.74) is 6.92. The Labute approximate surface area is 131 Å². The number of anilines is 1. The summed E-state index contributed by atoms with van der Waals surface area (Å²) in [4.78, 5) is 25.1. The number of nitrogens with one attached hydrogen (secondary N) is 1. The Morgan fingerprint density at radius 2 is 1.95 bits per heavy atom. The van der Waals surface area contributed by atoms with Crippen LogP contribution in [0.1, 0.15) is 67.3 Å². The van der Waals surface area contributed by atoms with Crippen LogP contribution in [0.5, 0.6) is 0 Å². The Kier molecular flexibility index (Phi) is 6.89. The van der Waals surface area contributed by atoms with Gasteiger partial charge in [-0.15, -0.1) is 11.3 Å². The van der Waals surface area contributed by atoms with Crippen molar-refractivity contribution >= 4 is 28.2 Å². The van der Waals surface area contributed by atoms with Crippen molar-refractivity contribution in [1.82, 2.24) is 0 Å². The van der Waals surface area contributed by atoms with Crippen molar-refractivity contribution in [3.05, 3.63) is 16.0 Å². The van der Waals surface area contributed by atoms with Gasteiger partial charge in [0.05, 0.1) is 5.56 Å². The molecule has 1 rings (SSSR count). The van der Waals surface area contributed by atoms with Crippen molar-refractivity contribution in [2.75, 3.05) is 5.32 Å². The van der Waals surface area contributed by atoms with E-state index < -0.39 is 5.91 Å². The maximum atomic E-state index is 12.4. The fraction of sp³-hybridized carbons (Fsp3) is 0.625. The van der Waals surface area contributed by atoms with Gasteiger partial charge in [-0.05, 0) is 31.7 Å². The minimum absolute atomic E-state index is 0.00170. The molecule has 1 unspecified atom stereocenters. The normalized spacial score (nSPS) is 12.2. The van der Waals surface area contributed by atoms with Crippen LogP contribution in [0.2, 0.25) is 0 Å². The van der Waals surface area contributed by atoms with Crippen molar-refractivity contribution < 1.29 is 9.59 Å². The number of unbranched alkanes of at least 4 members (excludes halogenated alkanes) is 1. The van der Waals surface area contributed by atoms with Crippen molar-refractivity contribution in [3.8, 4) is 0 Å². The van der Waals surface area contributed by atoms with Crippen molar-refractivity contribution in [3.63, 3.8) is 0 Å². The smallest absolute Gasteiger partial charge is 0.251 e. The van der Waals surface area contributed by atoms with Crippen molar-refractivity contribution in [1.29, 1.82) is 0 Å². The van der Waals surface area contributed by atoms with Crippen LogP contribution in [-0.4, -0.2) is 11.8 Å². The Morgan fingerprint density at radius 3 is 2.43 bits per heavy atom. The standard InChI is InChI=1S/C16H26N2O2S/c1-5-8-9-11(6-2)15(20)18-16-13(14(17)19)12(7-3)10(4)21-16/h11H,5-9H2,1-4H3,(H2,17,19)(H,18,20). The fourth-order valence-electron chi connectivity index (χ4n) is 2.54. The lowest BCUT2D eigenvalue weighted by molar-refractivity contribution is -0.120. The minimum Gasteiger partial charge on any atom is -0.365 e. The van der Waals surface area contributed by atoms with Crippen LogP contribution in [0, 0.1) is 12.8 Å². The highest BCUT2D eigenvalue weighted by Gasteiger charge is 2.23. The molecule has 21 heavy (non-hydrogen) atoms. The molecule has 0 saturated heterocycles. The average Bonchev–Trinajstić information content (AvgIpc) is 2.75. The molecule has 1 aromatic rings. The summed E-state index contributed by atoms with van der Waals surface area (Å²) in [5, 5.41) is 3.53. The second-order valence-electron chi connectivity index (χ2n) is 5.30. The summed E-state index contributed by atoms with van der Waals surface area (Å²) >= 11 is 1.44. The summed E-state index contributed by atoms with van der Waals surface area (Å²) < 4.78 is 0. The topological polar surface area (TPSA) is 72.2 Å². The molecule has 5 heteroatoms. The van der Waals surface area contributed by atoms with Crippen LogP contribution >= 0.6 is 11.3 Å². The molecule has 0 aromatic carbocycles.